The first-order valence-corrected chi connectivity index (χ1v) is 8.41. The number of amides is 1. The average molecular weight is 300 g/mol. The van der Waals surface area contributed by atoms with Gasteiger partial charge < -0.3 is 4.90 Å². The van der Waals surface area contributed by atoms with Crippen molar-refractivity contribution in [1.29, 1.82) is 0 Å². The lowest BCUT2D eigenvalue weighted by Crippen LogP contribution is -2.29. The Morgan fingerprint density at radius 3 is 2.76 bits per heavy atom. The second-order valence-electron chi connectivity index (χ2n) is 5.63. The van der Waals surface area contributed by atoms with E-state index in [4.69, 9.17) is 4.98 Å². The Labute approximate surface area is 129 Å². The molecule has 3 nitrogen and oxygen atoms in total. The number of hydrogen-bond donors (Lipinski definition) is 0. The number of rotatable bonds is 3. The van der Waals surface area contributed by atoms with Crippen molar-refractivity contribution in [3.8, 4) is 0 Å². The third-order valence-corrected chi connectivity index (χ3v) is 4.92. The SMILES string of the molecule is Cc1cc(SCC(=O)N2CCCC2)nc2c(C)cccc12. The van der Waals surface area contributed by atoms with Crippen LogP contribution in [0.3, 0.4) is 0 Å². The Kier molecular flexibility index (Phi) is 4.15. The predicted octanol–water partition coefficient (Wildman–Crippen LogP) is 3.57. The number of likely N-dealkylation sites (tertiary alicyclic amines) is 1. The van der Waals surface area contributed by atoms with Crippen LogP contribution < -0.4 is 0 Å². The van der Waals surface area contributed by atoms with E-state index in [1.54, 1.807) is 11.8 Å². The van der Waals surface area contributed by atoms with Crippen molar-refractivity contribution in [3.63, 3.8) is 0 Å². The molecule has 1 amide bonds. The van der Waals surface area contributed by atoms with Crippen LogP contribution in [0.1, 0.15) is 24.0 Å². The number of carbonyl (C=O) groups is 1. The molecular weight excluding hydrogens is 280 g/mol. The molecule has 0 N–H and O–H groups in total. The first kappa shape index (κ1) is 14.4. The van der Waals surface area contributed by atoms with Crippen LogP contribution >= 0.6 is 11.8 Å². The average Bonchev–Trinajstić information content (AvgIpc) is 3.00. The largest absolute Gasteiger partial charge is 0.342 e. The molecule has 1 aliphatic rings. The van der Waals surface area contributed by atoms with Gasteiger partial charge in [0.05, 0.1) is 16.3 Å². The van der Waals surface area contributed by atoms with Gasteiger partial charge in [-0.1, -0.05) is 30.0 Å². The third kappa shape index (κ3) is 3.05. The molecule has 1 aromatic heterocycles. The minimum atomic E-state index is 0.238. The fraction of sp³-hybridized carbons (Fsp3) is 0.412. The second kappa shape index (κ2) is 6.06. The summed E-state index contributed by atoms with van der Waals surface area (Å²) < 4.78 is 0. The highest BCUT2D eigenvalue weighted by molar-refractivity contribution is 7.99. The van der Waals surface area contributed by atoms with E-state index >= 15 is 0 Å². The molecule has 0 atom stereocenters. The van der Waals surface area contributed by atoms with E-state index in [1.165, 1.54) is 16.5 Å². The van der Waals surface area contributed by atoms with E-state index in [-0.39, 0.29) is 5.91 Å². The van der Waals surface area contributed by atoms with Crippen molar-refractivity contribution in [2.75, 3.05) is 18.8 Å². The topological polar surface area (TPSA) is 33.2 Å². The number of carbonyl (C=O) groups excluding carboxylic acids is 1. The van der Waals surface area contributed by atoms with E-state index in [2.05, 4.69) is 38.1 Å². The summed E-state index contributed by atoms with van der Waals surface area (Å²) >= 11 is 1.55. The van der Waals surface area contributed by atoms with Crippen molar-refractivity contribution >= 4 is 28.6 Å². The minimum Gasteiger partial charge on any atom is -0.342 e. The van der Waals surface area contributed by atoms with Crippen LogP contribution in [0.5, 0.6) is 0 Å². The number of para-hydroxylation sites is 1. The van der Waals surface area contributed by atoms with Gasteiger partial charge in [0.2, 0.25) is 5.91 Å². The van der Waals surface area contributed by atoms with Gasteiger partial charge in [0.15, 0.2) is 0 Å². The summed E-state index contributed by atoms with van der Waals surface area (Å²) in [5.74, 6) is 0.728. The monoisotopic (exact) mass is 300 g/mol. The van der Waals surface area contributed by atoms with E-state index in [9.17, 15) is 4.79 Å². The van der Waals surface area contributed by atoms with Crippen LogP contribution in [-0.4, -0.2) is 34.6 Å². The van der Waals surface area contributed by atoms with E-state index in [0.29, 0.717) is 5.75 Å². The lowest BCUT2D eigenvalue weighted by atomic mass is 10.1. The third-order valence-electron chi connectivity index (χ3n) is 4.03. The van der Waals surface area contributed by atoms with Crippen LogP contribution in [0.4, 0.5) is 0 Å². The smallest absolute Gasteiger partial charge is 0.232 e. The lowest BCUT2D eigenvalue weighted by Gasteiger charge is -2.14. The summed E-state index contributed by atoms with van der Waals surface area (Å²) in [5, 5.41) is 2.15. The van der Waals surface area contributed by atoms with Gasteiger partial charge in [-0.2, -0.15) is 0 Å². The quantitative estimate of drug-likeness (QED) is 0.813. The maximum atomic E-state index is 12.1. The lowest BCUT2D eigenvalue weighted by molar-refractivity contribution is -0.127. The molecule has 1 aromatic carbocycles. The summed E-state index contributed by atoms with van der Waals surface area (Å²) in [4.78, 5) is 18.8. The maximum Gasteiger partial charge on any atom is 0.232 e. The molecule has 0 bridgehead atoms. The zero-order valence-corrected chi connectivity index (χ0v) is 13.4. The molecule has 110 valence electrons. The zero-order chi connectivity index (χ0) is 14.8. The normalized spacial score (nSPS) is 14.9. The summed E-state index contributed by atoms with van der Waals surface area (Å²) in [6.07, 6.45) is 2.28. The molecule has 4 heteroatoms. The van der Waals surface area contributed by atoms with Gasteiger partial charge in [0.1, 0.15) is 0 Å². The highest BCUT2D eigenvalue weighted by Crippen LogP contribution is 2.26. The van der Waals surface area contributed by atoms with Gasteiger partial charge >= 0.3 is 0 Å². The number of thioether (sulfide) groups is 1. The van der Waals surface area contributed by atoms with Crippen LogP contribution in [0.2, 0.25) is 0 Å². The van der Waals surface area contributed by atoms with Crippen LogP contribution in [-0.2, 0) is 4.79 Å². The summed E-state index contributed by atoms with van der Waals surface area (Å²) in [5.41, 5.74) is 3.46. The minimum absolute atomic E-state index is 0.238. The molecular formula is C17H20N2OS. The number of nitrogens with zero attached hydrogens (tertiary/aromatic N) is 2. The van der Waals surface area contributed by atoms with Gasteiger partial charge in [-0.15, -0.1) is 0 Å². The molecule has 1 saturated heterocycles. The molecule has 0 aliphatic carbocycles. The Morgan fingerprint density at radius 1 is 1.24 bits per heavy atom. The molecule has 0 radical (unpaired) electrons. The standard InChI is InChI=1S/C17H20N2OS/c1-12-6-5-7-14-13(2)10-15(18-17(12)14)21-11-16(20)19-8-3-4-9-19/h5-7,10H,3-4,8-9,11H2,1-2H3. The molecule has 21 heavy (non-hydrogen) atoms. The van der Waals surface area contributed by atoms with Crippen molar-refractivity contribution in [1.82, 2.24) is 9.88 Å². The second-order valence-corrected chi connectivity index (χ2v) is 6.62. The Bertz CT molecular complexity index is 678. The van der Waals surface area contributed by atoms with Gasteiger partial charge in [-0.05, 0) is 43.9 Å². The van der Waals surface area contributed by atoms with E-state index < -0.39 is 0 Å². The Hall–Kier alpha value is -1.55. The summed E-state index contributed by atoms with van der Waals surface area (Å²) in [6, 6.07) is 8.34. The summed E-state index contributed by atoms with van der Waals surface area (Å²) in [6.45, 7) is 6.03. The molecule has 1 aliphatic heterocycles. The molecule has 2 aromatic rings. The van der Waals surface area contributed by atoms with Crippen LogP contribution in [0.15, 0.2) is 29.3 Å². The van der Waals surface area contributed by atoms with Crippen LogP contribution in [0, 0.1) is 13.8 Å². The predicted molar refractivity (Wildman–Crippen MR) is 87.8 cm³/mol. The number of hydrogen-bond acceptors (Lipinski definition) is 3. The Morgan fingerprint density at radius 2 is 2.00 bits per heavy atom. The molecule has 1 fully saturated rings. The molecule has 0 saturated carbocycles. The highest BCUT2D eigenvalue weighted by Gasteiger charge is 2.18. The number of fused-ring (bicyclic) bond motifs is 1. The number of pyridine rings is 1. The highest BCUT2D eigenvalue weighted by atomic mass is 32.2. The number of benzene rings is 1. The van der Waals surface area contributed by atoms with Gasteiger partial charge in [0.25, 0.3) is 0 Å². The van der Waals surface area contributed by atoms with Gasteiger partial charge in [-0.3, -0.25) is 4.79 Å². The molecule has 3 rings (SSSR count). The first-order valence-electron chi connectivity index (χ1n) is 7.43. The van der Waals surface area contributed by atoms with Crippen molar-refractivity contribution in [2.24, 2.45) is 0 Å². The van der Waals surface area contributed by atoms with Crippen LogP contribution in [0.25, 0.3) is 10.9 Å². The van der Waals surface area contributed by atoms with Crippen molar-refractivity contribution < 1.29 is 4.79 Å². The van der Waals surface area contributed by atoms with E-state index in [1.807, 2.05) is 4.90 Å². The zero-order valence-electron chi connectivity index (χ0n) is 12.6. The number of aromatic nitrogens is 1. The fourth-order valence-corrected chi connectivity index (χ4v) is 3.67. The molecule has 0 unspecified atom stereocenters. The molecule has 0 spiro atoms. The Balaban J connectivity index is 1.78. The van der Waals surface area contributed by atoms with Crippen molar-refractivity contribution in [2.45, 2.75) is 31.7 Å². The molecule has 2 heterocycles. The van der Waals surface area contributed by atoms with E-state index in [0.717, 1.165) is 36.5 Å². The number of aryl methyl sites for hydroxylation is 2. The van der Waals surface area contributed by atoms with Gasteiger partial charge in [-0.25, -0.2) is 4.98 Å². The first-order chi connectivity index (χ1) is 10.1. The van der Waals surface area contributed by atoms with Crippen molar-refractivity contribution in [3.05, 3.63) is 35.4 Å². The fourth-order valence-electron chi connectivity index (χ4n) is 2.80. The summed E-state index contributed by atoms with van der Waals surface area (Å²) in [7, 11) is 0. The maximum absolute atomic E-state index is 12.1. The van der Waals surface area contributed by atoms with Gasteiger partial charge in [0, 0.05) is 18.5 Å².